The molecule has 0 bridgehead atoms. The molecule has 1 fully saturated rings. The van der Waals surface area contributed by atoms with E-state index in [2.05, 4.69) is 5.32 Å². The Hall–Kier alpha value is -1.74. The van der Waals surface area contributed by atoms with Gasteiger partial charge in [-0.3, -0.25) is 4.79 Å². The number of benzene rings is 1. The van der Waals surface area contributed by atoms with E-state index in [1.807, 2.05) is 24.3 Å². The van der Waals surface area contributed by atoms with Crippen LogP contribution in [0.5, 0.6) is 0 Å². The minimum Gasteiger partial charge on any atom is -0.472 e. The molecule has 1 aromatic heterocycles. The first-order chi connectivity index (χ1) is 9.24. The van der Waals surface area contributed by atoms with E-state index in [-0.39, 0.29) is 11.9 Å². The van der Waals surface area contributed by atoms with Gasteiger partial charge < -0.3 is 9.73 Å². The van der Waals surface area contributed by atoms with Gasteiger partial charge in [-0.2, -0.15) is 0 Å². The van der Waals surface area contributed by atoms with Gasteiger partial charge in [0.15, 0.2) is 0 Å². The number of hydrogen-bond acceptors (Lipinski definition) is 2. The van der Waals surface area contributed by atoms with Crippen LogP contribution in [-0.2, 0) is 0 Å². The van der Waals surface area contributed by atoms with E-state index in [1.165, 1.54) is 12.5 Å². The Morgan fingerprint density at radius 3 is 2.58 bits per heavy atom. The fourth-order valence-corrected chi connectivity index (χ4v) is 2.32. The van der Waals surface area contributed by atoms with Gasteiger partial charge in [0.1, 0.15) is 6.26 Å². The number of halogens is 1. The third-order valence-corrected chi connectivity index (χ3v) is 3.64. The molecule has 1 saturated carbocycles. The summed E-state index contributed by atoms with van der Waals surface area (Å²) in [7, 11) is 0. The van der Waals surface area contributed by atoms with E-state index < -0.39 is 0 Å². The molecule has 0 saturated heterocycles. The van der Waals surface area contributed by atoms with E-state index in [9.17, 15) is 4.79 Å². The van der Waals surface area contributed by atoms with Crippen molar-refractivity contribution in [2.24, 2.45) is 5.92 Å². The highest BCUT2D eigenvalue weighted by Crippen LogP contribution is 2.41. The van der Waals surface area contributed by atoms with Crippen molar-refractivity contribution in [1.82, 2.24) is 5.32 Å². The van der Waals surface area contributed by atoms with E-state index >= 15 is 0 Å². The Labute approximate surface area is 116 Å². The lowest BCUT2D eigenvalue weighted by Crippen LogP contribution is -2.29. The molecule has 3 nitrogen and oxygen atoms in total. The van der Waals surface area contributed by atoms with Crippen LogP contribution < -0.4 is 5.32 Å². The number of hydrogen-bond donors (Lipinski definition) is 1. The third kappa shape index (κ3) is 2.82. The Balaban J connectivity index is 1.78. The number of furan rings is 1. The lowest BCUT2D eigenvalue weighted by molar-refractivity contribution is 0.0931. The van der Waals surface area contributed by atoms with Gasteiger partial charge in [-0.05, 0) is 42.5 Å². The summed E-state index contributed by atoms with van der Waals surface area (Å²) in [5, 5.41) is 3.78. The van der Waals surface area contributed by atoms with E-state index in [4.69, 9.17) is 16.0 Å². The van der Waals surface area contributed by atoms with Gasteiger partial charge in [-0.15, -0.1) is 0 Å². The van der Waals surface area contributed by atoms with Crippen LogP contribution in [0, 0.1) is 5.92 Å². The maximum atomic E-state index is 12.1. The first-order valence-electron chi connectivity index (χ1n) is 6.32. The molecule has 98 valence electrons. The molecule has 0 spiro atoms. The Bertz CT molecular complexity index is 558. The maximum Gasteiger partial charge on any atom is 0.255 e. The van der Waals surface area contributed by atoms with Crippen molar-refractivity contribution >= 4 is 17.5 Å². The zero-order valence-corrected chi connectivity index (χ0v) is 11.1. The predicted octanol–water partition coefficient (Wildman–Crippen LogP) is 3.81. The summed E-state index contributed by atoms with van der Waals surface area (Å²) in [6.45, 7) is 0. The zero-order valence-electron chi connectivity index (χ0n) is 10.3. The molecule has 0 radical (unpaired) electrons. The smallest absolute Gasteiger partial charge is 0.255 e. The van der Waals surface area contributed by atoms with Crippen LogP contribution in [0.2, 0.25) is 5.02 Å². The van der Waals surface area contributed by atoms with Crippen LogP contribution in [-0.4, -0.2) is 5.91 Å². The van der Waals surface area contributed by atoms with Crippen LogP contribution in [0.3, 0.4) is 0 Å². The lowest BCUT2D eigenvalue weighted by Gasteiger charge is -2.18. The summed E-state index contributed by atoms with van der Waals surface area (Å²) in [5.74, 6) is 0.428. The summed E-state index contributed by atoms with van der Waals surface area (Å²) < 4.78 is 4.94. The highest BCUT2D eigenvalue weighted by Gasteiger charge is 2.33. The Morgan fingerprint density at radius 1 is 1.26 bits per heavy atom. The normalized spacial score (nSPS) is 16.1. The molecule has 1 aliphatic carbocycles. The van der Waals surface area contributed by atoms with Gasteiger partial charge >= 0.3 is 0 Å². The van der Waals surface area contributed by atoms with E-state index in [0.717, 1.165) is 18.4 Å². The second-order valence-corrected chi connectivity index (χ2v) is 5.29. The van der Waals surface area contributed by atoms with Crippen molar-refractivity contribution in [3.05, 3.63) is 59.0 Å². The zero-order chi connectivity index (χ0) is 13.2. The number of carbonyl (C=O) groups is 1. The SMILES string of the molecule is O=C(NC(c1ccc(Cl)cc1)C1CC1)c1ccoc1. The summed E-state index contributed by atoms with van der Waals surface area (Å²) in [6, 6.07) is 9.38. The van der Waals surface area contributed by atoms with E-state index in [1.54, 1.807) is 6.07 Å². The molecule has 4 heteroatoms. The minimum atomic E-state index is -0.0967. The van der Waals surface area contributed by atoms with Crippen LogP contribution in [0.1, 0.15) is 34.8 Å². The van der Waals surface area contributed by atoms with Crippen molar-refractivity contribution in [3.8, 4) is 0 Å². The number of nitrogens with one attached hydrogen (secondary N) is 1. The number of amides is 1. The highest BCUT2D eigenvalue weighted by atomic mass is 35.5. The standard InChI is InChI=1S/C15H14ClNO2/c16-13-5-3-11(4-6-13)14(10-1-2-10)17-15(18)12-7-8-19-9-12/h3-10,14H,1-2H2,(H,17,18). The summed E-state index contributed by atoms with van der Waals surface area (Å²) in [6.07, 6.45) is 5.27. The quantitative estimate of drug-likeness (QED) is 0.922. The molecule has 3 rings (SSSR count). The molecular weight excluding hydrogens is 262 g/mol. The molecule has 1 atom stereocenters. The van der Waals surface area contributed by atoms with Crippen LogP contribution in [0.15, 0.2) is 47.3 Å². The second-order valence-electron chi connectivity index (χ2n) is 4.85. The van der Waals surface area contributed by atoms with E-state index in [0.29, 0.717) is 16.5 Å². The van der Waals surface area contributed by atoms with Crippen molar-refractivity contribution in [3.63, 3.8) is 0 Å². The minimum absolute atomic E-state index is 0.0552. The van der Waals surface area contributed by atoms with Gasteiger partial charge in [0.05, 0.1) is 17.9 Å². The first-order valence-corrected chi connectivity index (χ1v) is 6.70. The molecule has 0 aliphatic heterocycles. The van der Waals surface area contributed by atoms with Gasteiger partial charge in [-0.1, -0.05) is 23.7 Å². The summed E-state index contributed by atoms with van der Waals surface area (Å²) in [5.41, 5.74) is 1.66. The van der Waals surface area contributed by atoms with Crippen LogP contribution in [0.4, 0.5) is 0 Å². The maximum absolute atomic E-state index is 12.1. The van der Waals surface area contributed by atoms with Crippen molar-refractivity contribution < 1.29 is 9.21 Å². The van der Waals surface area contributed by atoms with Gasteiger partial charge in [0.25, 0.3) is 5.91 Å². The average Bonchev–Trinajstić information content (AvgIpc) is 3.10. The van der Waals surface area contributed by atoms with Crippen LogP contribution in [0.25, 0.3) is 0 Å². The number of carbonyl (C=O) groups excluding carboxylic acids is 1. The molecule has 1 heterocycles. The fraction of sp³-hybridized carbons (Fsp3) is 0.267. The number of rotatable bonds is 4. The molecule has 2 aromatic rings. The van der Waals surface area contributed by atoms with Crippen molar-refractivity contribution in [1.29, 1.82) is 0 Å². The average molecular weight is 276 g/mol. The van der Waals surface area contributed by atoms with Crippen LogP contribution >= 0.6 is 11.6 Å². The molecule has 19 heavy (non-hydrogen) atoms. The fourth-order valence-electron chi connectivity index (χ4n) is 2.19. The van der Waals surface area contributed by atoms with Crippen molar-refractivity contribution in [2.75, 3.05) is 0 Å². The second kappa shape index (κ2) is 5.10. The predicted molar refractivity (Wildman–Crippen MR) is 73.1 cm³/mol. The molecule has 1 amide bonds. The molecule has 1 aromatic carbocycles. The summed E-state index contributed by atoms with van der Waals surface area (Å²) in [4.78, 5) is 12.1. The van der Waals surface area contributed by atoms with Gasteiger partial charge in [0, 0.05) is 5.02 Å². The largest absolute Gasteiger partial charge is 0.472 e. The topological polar surface area (TPSA) is 42.2 Å². The first kappa shape index (κ1) is 12.3. The Kier molecular flexibility index (Phi) is 3.30. The molecule has 1 unspecified atom stereocenters. The molecule has 1 N–H and O–H groups in total. The Morgan fingerprint density at radius 2 is 2.00 bits per heavy atom. The highest BCUT2D eigenvalue weighted by molar-refractivity contribution is 6.30. The molecule has 1 aliphatic rings. The lowest BCUT2D eigenvalue weighted by atomic mass is 10.0. The third-order valence-electron chi connectivity index (χ3n) is 3.39. The molecular formula is C15H14ClNO2. The van der Waals surface area contributed by atoms with Gasteiger partial charge in [-0.25, -0.2) is 0 Å². The van der Waals surface area contributed by atoms with Gasteiger partial charge in [0.2, 0.25) is 0 Å². The van der Waals surface area contributed by atoms with Crippen molar-refractivity contribution in [2.45, 2.75) is 18.9 Å². The monoisotopic (exact) mass is 275 g/mol. The summed E-state index contributed by atoms with van der Waals surface area (Å²) >= 11 is 5.90.